The van der Waals surface area contributed by atoms with Gasteiger partial charge in [0.15, 0.2) is 0 Å². The second-order valence-corrected chi connectivity index (χ2v) is 5.64. The number of halogens is 1. The Bertz CT molecular complexity index is 649. The van der Waals surface area contributed by atoms with Crippen molar-refractivity contribution in [2.45, 2.75) is 19.4 Å². The van der Waals surface area contributed by atoms with Crippen LogP contribution in [-0.4, -0.2) is 47.2 Å². The molecule has 1 unspecified atom stereocenters. The highest BCUT2D eigenvalue weighted by Crippen LogP contribution is 2.32. The third-order valence-corrected chi connectivity index (χ3v) is 3.89. The summed E-state index contributed by atoms with van der Waals surface area (Å²) in [5, 5.41) is 23.6. The van der Waals surface area contributed by atoms with Gasteiger partial charge in [0.1, 0.15) is 0 Å². The number of hydrogen-bond donors (Lipinski definition) is 2. The maximum Gasteiger partial charge on any atom is 0.288 e. The van der Waals surface area contributed by atoms with Crippen molar-refractivity contribution in [3.63, 3.8) is 0 Å². The van der Waals surface area contributed by atoms with Crippen LogP contribution in [0.25, 0.3) is 0 Å². The van der Waals surface area contributed by atoms with Crippen LogP contribution in [0.2, 0.25) is 0 Å². The molecule has 1 aliphatic rings. The zero-order valence-corrected chi connectivity index (χ0v) is 14.5. The zero-order chi connectivity index (χ0) is 17.2. The van der Waals surface area contributed by atoms with Gasteiger partial charge in [-0.05, 0) is 43.3 Å². The van der Waals surface area contributed by atoms with E-state index >= 15 is 0 Å². The number of nitrogens with one attached hydrogen (secondary N) is 1. The van der Waals surface area contributed by atoms with Crippen LogP contribution in [0, 0.1) is 5.41 Å². The fourth-order valence-corrected chi connectivity index (χ4v) is 2.51. The maximum atomic E-state index is 12.9. The fourth-order valence-electron chi connectivity index (χ4n) is 2.25. The quantitative estimate of drug-likeness (QED) is 0.598. The van der Waals surface area contributed by atoms with Gasteiger partial charge < -0.3 is 10.1 Å². The van der Waals surface area contributed by atoms with E-state index in [0.29, 0.717) is 10.9 Å². The van der Waals surface area contributed by atoms with Gasteiger partial charge in [0.25, 0.3) is 11.4 Å². The molecule has 1 aromatic rings. The number of rotatable bonds is 5. The third kappa shape index (κ3) is 2.76. The Balaban J connectivity index is 2.56. The number of nitrogens with zero attached hydrogens (tertiary/aromatic N) is 3. The van der Waals surface area contributed by atoms with Crippen molar-refractivity contribution in [1.29, 1.82) is 5.41 Å². The molecular weight excluding hydrogens is 368 g/mol. The summed E-state index contributed by atoms with van der Waals surface area (Å²) in [4.78, 5) is 17.7. The molecule has 0 saturated carbocycles. The molecule has 0 radical (unpaired) electrons. The zero-order valence-electron chi connectivity index (χ0n) is 12.9. The summed E-state index contributed by atoms with van der Waals surface area (Å²) in [6.45, 7) is 3.31. The first-order chi connectivity index (χ1) is 10.9. The summed E-state index contributed by atoms with van der Waals surface area (Å²) in [5.41, 5.74) is -1.65. The molecule has 1 heterocycles. The molecule has 23 heavy (non-hydrogen) atoms. The van der Waals surface area contributed by atoms with Crippen molar-refractivity contribution in [3.05, 3.63) is 28.7 Å². The Morgan fingerprint density at radius 2 is 2.09 bits per heavy atom. The minimum Gasteiger partial charge on any atom is -0.478 e. The first kappa shape index (κ1) is 17.5. The Hall–Kier alpha value is -1.81. The molecule has 0 aliphatic carbocycles. The predicted octanol–water partition coefficient (Wildman–Crippen LogP) is 2.18. The Morgan fingerprint density at radius 1 is 1.48 bits per heavy atom. The number of hydroxylamine groups is 2. The average Bonchev–Trinajstić information content (AvgIpc) is 2.81. The van der Waals surface area contributed by atoms with Crippen molar-refractivity contribution >= 4 is 39.1 Å². The van der Waals surface area contributed by atoms with Crippen LogP contribution in [0.15, 0.2) is 33.8 Å². The van der Waals surface area contributed by atoms with E-state index in [-0.39, 0.29) is 18.2 Å². The summed E-state index contributed by atoms with van der Waals surface area (Å²) >= 11 is 3.32. The smallest absolute Gasteiger partial charge is 0.288 e. The van der Waals surface area contributed by atoms with Crippen molar-refractivity contribution < 1.29 is 19.6 Å². The van der Waals surface area contributed by atoms with Gasteiger partial charge in [-0.2, -0.15) is 5.01 Å². The molecule has 0 aromatic heterocycles. The summed E-state index contributed by atoms with van der Waals surface area (Å²) < 4.78 is 6.25. The van der Waals surface area contributed by atoms with Gasteiger partial charge in [0, 0.05) is 4.47 Å². The molecule has 1 aliphatic heterocycles. The monoisotopic (exact) mass is 384 g/mol. The first-order valence-corrected chi connectivity index (χ1v) is 7.59. The third-order valence-electron chi connectivity index (χ3n) is 3.36. The highest BCUT2D eigenvalue weighted by Gasteiger charge is 2.61. The molecule has 2 rings (SSSR count). The number of anilines is 1. The van der Waals surface area contributed by atoms with Crippen LogP contribution < -0.4 is 5.01 Å². The maximum absolute atomic E-state index is 12.9. The van der Waals surface area contributed by atoms with Crippen LogP contribution in [-0.2, 0) is 14.4 Å². The molecule has 8 nitrogen and oxygen atoms in total. The lowest BCUT2D eigenvalue weighted by molar-refractivity contribution is -0.344. The molecule has 1 aromatic carbocycles. The first-order valence-electron chi connectivity index (χ1n) is 6.80. The van der Waals surface area contributed by atoms with Gasteiger partial charge in [-0.15, -0.1) is 5.10 Å². The van der Waals surface area contributed by atoms with E-state index in [2.05, 4.69) is 21.0 Å². The SMILES string of the molecule is CCOC1=NN(c2ccc(Br)cc2)C(=O)C1(C(C)=N)N(O)OC. The Labute approximate surface area is 141 Å². The summed E-state index contributed by atoms with van der Waals surface area (Å²) in [7, 11) is 1.18. The lowest BCUT2D eigenvalue weighted by Gasteiger charge is -2.32. The van der Waals surface area contributed by atoms with Crippen LogP contribution in [0.1, 0.15) is 13.8 Å². The molecule has 2 N–H and O–H groups in total. The summed E-state index contributed by atoms with van der Waals surface area (Å²) in [6, 6.07) is 6.86. The van der Waals surface area contributed by atoms with E-state index in [4.69, 9.17) is 15.0 Å². The van der Waals surface area contributed by atoms with Gasteiger partial charge in [-0.1, -0.05) is 15.9 Å². The van der Waals surface area contributed by atoms with E-state index in [9.17, 15) is 10.0 Å². The topological polar surface area (TPSA) is 98.5 Å². The van der Waals surface area contributed by atoms with Gasteiger partial charge in [0.05, 0.1) is 25.1 Å². The lowest BCUT2D eigenvalue weighted by atomic mass is 9.93. The van der Waals surface area contributed by atoms with E-state index < -0.39 is 11.4 Å². The second-order valence-electron chi connectivity index (χ2n) is 4.72. The molecule has 0 spiro atoms. The van der Waals surface area contributed by atoms with Gasteiger partial charge >= 0.3 is 0 Å². The number of carbonyl (C=O) groups excluding carboxylic acids is 1. The Morgan fingerprint density at radius 3 is 2.57 bits per heavy atom. The number of hydrogen-bond acceptors (Lipinski definition) is 7. The number of ether oxygens (including phenoxy) is 1. The normalized spacial score (nSPS) is 20.9. The van der Waals surface area contributed by atoms with Crippen molar-refractivity contribution in [2.75, 3.05) is 18.7 Å². The number of hydrazone groups is 1. The largest absolute Gasteiger partial charge is 0.478 e. The minimum absolute atomic E-state index is 0.121. The van der Waals surface area contributed by atoms with Gasteiger partial charge in [-0.3, -0.25) is 14.8 Å². The minimum atomic E-state index is -1.95. The molecule has 0 bridgehead atoms. The van der Waals surface area contributed by atoms with Crippen molar-refractivity contribution in [1.82, 2.24) is 5.23 Å². The highest BCUT2D eigenvalue weighted by atomic mass is 79.9. The van der Waals surface area contributed by atoms with Gasteiger partial charge in [0.2, 0.25) is 5.90 Å². The summed E-state index contributed by atoms with van der Waals surface area (Å²) in [5.74, 6) is -0.787. The van der Waals surface area contributed by atoms with Gasteiger partial charge in [-0.25, -0.2) is 0 Å². The standard InChI is InChI=1S/C14H17BrN4O4/c1-4-23-12-14(9(2)16,19(21)22-3)13(20)18(17-12)11-7-5-10(15)6-8-11/h5-8,16,21H,4H2,1-3H3. The van der Waals surface area contributed by atoms with E-state index in [0.717, 1.165) is 9.48 Å². The van der Waals surface area contributed by atoms with E-state index in [1.54, 1.807) is 31.2 Å². The Kier molecular flexibility index (Phi) is 5.15. The van der Waals surface area contributed by atoms with Crippen LogP contribution >= 0.6 is 15.9 Å². The number of amides is 1. The molecule has 0 saturated heterocycles. The van der Waals surface area contributed by atoms with Crippen LogP contribution in [0.3, 0.4) is 0 Å². The van der Waals surface area contributed by atoms with E-state index in [1.807, 2.05) is 0 Å². The second kappa shape index (κ2) is 6.75. The number of carbonyl (C=O) groups is 1. The van der Waals surface area contributed by atoms with Crippen molar-refractivity contribution in [3.8, 4) is 0 Å². The summed E-state index contributed by atoms with van der Waals surface area (Å²) in [6.07, 6.45) is 0. The predicted molar refractivity (Wildman–Crippen MR) is 87.5 cm³/mol. The van der Waals surface area contributed by atoms with Crippen molar-refractivity contribution in [2.24, 2.45) is 5.10 Å². The van der Waals surface area contributed by atoms with Crippen LogP contribution in [0.4, 0.5) is 5.69 Å². The van der Waals surface area contributed by atoms with Crippen LogP contribution in [0.5, 0.6) is 0 Å². The average molecular weight is 385 g/mol. The molecule has 1 atom stereocenters. The fraction of sp³-hybridized carbons (Fsp3) is 0.357. The molecular formula is C14H17BrN4O4. The van der Waals surface area contributed by atoms with E-state index in [1.165, 1.54) is 14.0 Å². The molecule has 124 valence electrons. The highest BCUT2D eigenvalue weighted by molar-refractivity contribution is 9.10. The molecule has 9 heteroatoms. The number of benzene rings is 1. The molecule has 1 amide bonds. The molecule has 0 fully saturated rings. The lowest BCUT2D eigenvalue weighted by Crippen LogP contribution is -2.63.